The van der Waals surface area contributed by atoms with Crippen molar-refractivity contribution in [2.75, 3.05) is 0 Å². The summed E-state index contributed by atoms with van der Waals surface area (Å²) in [6, 6.07) is 13.0. The minimum Gasteiger partial charge on any atom is -0.369 e. The molecule has 0 saturated heterocycles. The molecule has 1 aromatic heterocycles. The molecule has 0 bridgehead atoms. The van der Waals surface area contributed by atoms with Crippen LogP contribution >= 0.6 is 11.6 Å². The van der Waals surface area contributed by atoms with Crippen molar-refractivity contribution in [2.24, 2.45) is 0 Å². The highest BCUT2D eigenvalue weighted by molar-refractivity contribution is 6.35. The van der Waals surface area contributed by atoms with Gasteiger partial charge >= 0.3 is 0 Å². The number of nitrogens with zero attached hydrogens (tertiary/aromatic N) is 2. The summed E-state index contributed by atoms with van der Waals surface area (Å²) in [6.45, 7) is 2.96. The van der Waals surface area contributed by atoms with Crippen LogP contribution in [-0.2, 0) is 4.79 Å². The largest absolute Gasteiger partial charge is 0.369 e. The second-order valence-electron chi connectivity index (χ2n) is 7.22. The van der Waals surface area contributed by atoms with Crippen LogP contribution in [0.1, 0.15) is 58.1 Å². The molecular weight excluding hydrogens is 420 g/mol. The molecule has 1 unspecified atom stereocenters. The van der Waals surface area contributed by atoms with Gasteiger partial charge in [-0.3, -0.25) is 25.2 Å². The molecule has 0 radical (unpaired) electrons. The molecule has 0 saturated carbocycles. The van der Waals surface area contributed by atoms with Gasteiger partial charge < -0.3 is 10.0 Å². The van der Waals surface area contributed by atoms with Gasteiger partial charge in [0.1, 0.15) is 5.69 Å². The van der Waals surface area contributed by atoms with Crippen LogP contribution in [-0.4, -0.2) is 32.7 Å². The summed E-state index contributed by atoms with van der Waals surface area (Å²) in [6.07, 6.45) is -1.17. The molecule has 158 valence electrons. The first-order valence-corrected chi connectivity index (χ1v) is 9.93. The Labute approximate surface area is 182 Å². The van der Waals surface area contributed by atoms with Crippen molar-refractivity contribution in [1.82, 2.24) is 20.7 Å². The topological polar surface area (TPSA) is 112 Å². The van der Waals surface area contributed by atoms with E-state index in [1.165, 1.54) is 11.8 Å². The lowest BCUT2D eigenvalue weighted by Gasteiger charge is -2.29. The molecule has 4 rings (SSSR count). The molecule has 0 spiro atoms. The van der Waals surface area contributed by atoms with E-state index in [2.05, 4.69) is 15.8 Å². The Kier molecular flexibility index (Phi) is 5.34. The van der Waals surface area contributed by atoms with Gasteiger partial charge in [-0.15, -0.1) is 0 Å². The number of benzene rings is 2. The van der Waals surface area contributed by atoms with Crippen molar-refractivity contribution in [3.63, 3.8) is 0 Å². The van der Waals surface area contributed by atoms with Gasteiger partial charge in [-0.2, -0.15) is 0 Å². The Balaban J connectivity index is 1.82. The molecule has 3 amide bonds. The molecule has 2 atom stereocenters. The van der Waals surface area contributed by atoms with Crippen molar-refractivity contribution in [3.05, 3.63) is 75.9 Å². The zero-order valence-electron chi connectivity index (χ0n) is 16.7. The highest BCUT2D eigenvalue weighted by atomic mass is 35.5. The van der Waals surface area contributed by atoms with Crippen LogP contribution in [0.25, 0.3) is 10.9 Å². The number of carbonyl (C=O) groups excluding carboxylic acids is 3. The van der Waals surface area contributed by atoms with E-state index < -0.39 is 24.1 Å². The molecule has 8 nitrogen and oxygen atoms in total. The van der Waals surface area contributed by atoms with Gasteiger partial charge in [0, 0.05) is 29.0 Å². The fourth-order valence-electron chi connectivity index (χ4n) is 3.74. The number of rotatable bonds is 3. The number of hydrogen-bond acceptors (Lipinski definition) is 5. The summed E-state index contributed by atoms with van der Waals surface area (Å²) in [7, 11) is 0. The maximum Gasteiger partial charge on any atom is 0.288 e. The van der Waals surface area contributed by atoms with Crippen molar-refractivity contribution in [2.45, 2.75) is 26.1 Å². The van der Waals surface area contributed by atoms with Crippen LogP contribution in [0, 0.1) is 0 Å². The van der Waals surface area contributed by atoms with Gasteiger partial charge in [-0.25, -0.2) is 4.98 Å². The van der Waals surface area contributed by atoms with E-state index in [0.29, 0.717) is 32.6 Å². The summed E-state index contributed by atoms with van der Waals surface area (Å²) >= 11 is 6.26. The summed E-state index contributed by atoms with van der Waals surface area (Å²) in [4.78, 5) is 42.8. The van der Waals surface area contributed by atoms with Crippen LogP contribution < -0.4 is 10.9 Å². The van der Waals surface area contributed by atoms with E-state index in [-0.39, 0.29) is 11.6 Å². The first-order chi connectivity index (χ1) is 14.8. The molecule has 2 aromatic carbocycles. The second kappa shape index (κ2) is 7.98. The lowest BCUT2D eigenvalue weighted by molar-refractivity contribution is -0.119. The van der Waals surface area contributed by atoms with Gasteiger partial charge in [-0.05, 0) is 25.1 Å². The number of nitrogens with one attached hydrogen (secondary N) is 2. The van der Waals surface area contributed by atoms with E-state index in [9.17, 15) is 19.5 Å². The Morgan fingerprint density at radius 3 is 2.61 bits per heavy atom. The molecular formula is C22H19ClN4O4. The third-order valence-electron chi connectivity index (χ3n) is 5.23. The van der Waals surface area contributed by atoms with Gasteiger partial charge in [0.2, 0.25) is 5.91 Å². The number of fused-ring (bicyclic) bond motifs is 2. The summed E-state index contributed by atoms with van der Waals surface area (Å²) in [5.41, 5.74) is 6.23. The van der Waals surface area contributed by atoms with E-state index in [1.54, 1.807) is 55.5 Å². The third-order valence-corrected chi connectivity index (χ3v) is 5.53. The predicted octanol–water partition coefficient (Wildman–Crippen LogP) is 2.88. The average molecular weight is 439 g/mol. The lowest BCUT2D eigenvalue weighted by atomic mass is 10.0. The molecule has 1 aliphatic rings. The number of aliphatic hydroxyl groups is 1. The number of hydrazine groups is 1. The molecule has 9 heteroatoms. The lowest BCUT2D eigenvalue weighted by Crippen LogP contribution is -2.41. The number of carbonyl (C=O) groups is 3. The van der Waals surface area contributed by atoms with E-state index in [4.69, 9.17) is 11.6 Å². The zero-order chi connectivity index (χ0) is 22.3. The third kappa shape index (κ3) is 3.60. The van der Waals surface area contributed by atoms with Crippen molar-refractivity contribution >= 4 is 40.2 Å². The van der Waals surface area contributed by atoms with Gasteiger partial charge in [0.25, 0.3) is 11.8 Å². The second-order valence-corrected chi connectivity index (χ2v) is 7.63. The quantitative estimate of drug-likeness (QED) is 0.544. The highest BCUT2D eigenvalue weighted by Gasteiger charge is 2.39. The first kappa shape index (κ1) is 20.8. The number of pyridine rings is 1. The number of halogens is 1. The summed E-state index contributed by atoms with van der Waals surface area (Å²) in [5.74, 6) is -1.48. The molecule has 0 aliphatic carbocycles. The molecule has 3 aromatic rings. The van der Waals surface area contributed by atoms with Crippen LogP contribution in [0.15, 0.2) is 48.5 Å². The van der Waals surface area contributed by atoms with Crippen molar-refractivity contribution in [1.29, 1.82) is 0 Å². The smallest absolute Gasteiger partial charge is 0.288 e. The molecule has 31 heavy (non-hydrogen) atoms. The van der Waals surface area contributed by atoms with Crippen LogP contribution in [0.5, 0.6) is 0 Å². The molecule has 1 aliphatic heterocycles. The van der Waals surface area contributed by atoms with Crippen LogP contribution in [0.2, 0.25) is 5.02 Å². The highest BCUT2D eigenvalue weighted by Crippen LogP contribution is 2.39. The normalized spacial score (nSPS) is 16.2. The Bertz CT molecular complexity index is 1230. The number of aromatic nitrogens is 1. The Morgan fingerprint density at radius 1 is 1.16 bits per heavy atom. The SMILES string of the molecule is CC(=O)NNC(=O)c1nc2c(Cl)cccc2cc1[C@H](C)N1C(=O)c2ccccc2C1O. The summed E-state index contributed by atoms with van der Waals surface area (Å²) in [5, 5.41) is 11.8. The van der Waals surface area contributed by atoms with Gasteiger partial charge in [-0.1, -0.05) is 41.9 Å². The van der Waals surface area contributed by atoms with Crippen LogP contribution in [0.4, 0.5) is 0 Å². The number of aliphatic hydroxyl groups excluding tert-OH is 1. The molecule has 0 fully saturated rings. The first-order valence-electron chi connectivity index (χ1n) is 9.55. The van der Waals surface area contributed by atoms with E-state index in [0.717, 1.165) is 0 Å². The average Bonchev–Trinajstić information content (AvgIpc) is 3.01. The summed E-state index contributed by atoms with van der Waals surface area (Å²) < 4.78 is 0. The van der Waals surface area contributed by atoms with E-state index in [1.807, 2.05) is 0 Å². The Hall–Kier alpha value is -3.49. The van der Waals surface area contributed by atoms with Gasteiger partial charge in [0.15, 0.2) is 6.23 Å². The monoisotopic (exact) mass is 438 g/mol. The predicted molar refractivity (Wildman–Crippen MR) is 114 cm³/mol. The number of para-hydroxylation sites is 1. The Morgan fingerprint density at radius 2 is 1.90 bits per heavy atom. The van der Waals surface area contributed by atoms with Crippen molar-refractivity contribution in [3.8, 4) is 0 Å². The molecule has 3 N–H and O–H groups in total. The maximum absolute atomic E-state index is 13.0. The maximum atomic E-state index is 13.0. The van der Waals surface area contributed by atoms with Crippen molar-refractivity contribution < 1.29 is 19.5 Å². The fraction of sp³-hybridized carbons (Fsp3) is 0.182. The van der Waals surface area contributed by atoms with Gasteiger partial charge in [0.05, 0.1) is 16.6 Å². The fourth-order valence-corrected chi connectivity index (χ4v) is 3.96. The zero-order valence-corrected chi connectivity index (χ0v) is 17.5. The molecule has 2 heterocycles. The number of amides is 3. The van der Waals surface area contributed by atoms with Crippen LogP contribution in [0.3, 0.4) is 0 Å². The van der Waals surface area contributed by atoms with E-state index >= 15 is 0 Å². The standard InChI is InChI=1S/C22H19ClN4O4/c1-11(27-21(30)14-7-3-4-8-15(14)22(27)31)16-10-13-6-5-9-17(23)18(13)24-19(16)20(29)26-25-12(2)28/h3-11,21,30H,1-2H3,(H,25,28)(H,26,29)/t11-,21?/m0/s1. The minimum absolute atomic E-state index is 0.0159. The number of hydrogen-bond donors (Lipinski definition) is 3. The minimum atomic E-state index is -1.17.